The highest BCUT2D eigenvalue weighted by molar-refractivity contribution is 9.10. The van der Waals surface area contributed by atoms with E-state index in [-0.39, 0.29) is 0 Å². The van der Waals surface area contributed by atoms with Crippen LogP contribution >= 0.6 is 27.5 Å². The number of hydrogen-bond acceptors (Lipinski definition) is 5. The average molecular weight is 369 g/mol. The van der Waals surface area contributed by atoms with Gasteiger partial charge in [0.05, 0.1) is 22.6 Å². The molecule has 1 aliphatic heterocycles. The molecular weight excluding hydrogens is 354 g/mol. The van der Waals surface area contributed by atoms with Crippen LogP contribution in [-0.2, 0) is 0 Å². The van der Waals surface area contributed by atoms with Crippen LogP contribution in [-0.4, -0.2) is 36.1 Å². The van der Waals surface area contributed by atoms with Crippen molar-refractivity contribution in [3.63, 3.8) is 0 Å². The number of pyridine rings is 2. The zero-order chi connectivity index (χ0) is 14.8. The van der Waals surface area contributed by atoms with Crippen LogP contribution in [0.1, 0.15) is 0 Å². The molecule has 0 saturated carbocycles. The minimum absolute atomic E-state index is 0.668. The van der Waals surface area contributed by atoms with Gasteiger partial charge >= 0.3 is 0 Å². The number of rotatable bonds is 2. The van der Waals surface area contributed by atoms with E-state index in [1.807, 2.05) is 12.1 Å². The van der Waals surface area contributed by atoms with Gasteiger partial charge in [-0.25, -0.2) is 4.98 Å². The van der Waals surface area contributed by atoms with Gasteiger partial charge in [-0.2, -0.15) is 0 Å². The molecule has 5 nitrogen and oxygen atoms in total. The van der Waals surface area contributed by atoms with Crippen molar-refractivity contribution in [2.24, 2.45) is 0 Å². The Kier molecular flexibility index (Phi) is 4.17. The Bertz CT molecular complexity index is 643. The lowest BCUT2D eigenvalue weighted by molar-refractivity contribution is 0.648. The molecule has 1 aliphatic rings. The van der Waals surface area contributed by atoms with Crippen LogP contribution < -0.4 is 15.5 Å². The van der Waals surface area contributed by atoms with Crippen molar-refractivity contribution in [1.82, 2.24) is 9.97 Å². The summed E-state index contributed by atoms with van der Waals surface area (Å²) in [6.07, 6.45) is 5.23. The van der Waals surface area contributed by atoms with E-state index in [1.54, 1.807) is 18.6 Å². The molecule has 3 heterocycles. The third-order valence-corrected chi connectivity index (χ3v) is 4.25. The molecule has 0 aliphatic carbocycles. The van der Waals surface area contributed by atoms with E-state index < -0.39 is 0 Å². The number of halogens is 2. The van der Waals surface area contributed by atoms with Gasteiger partial charge in [0, 0.05) is 43.0 Å². The van der Waals surface area contributed by atoms with Gasteiger partial charge < -0.3 is 15.5 Å². The van der Waals surface area contributed by atoms with Crippen LogP contribution in [0.15, 0.2) is 35.2 Å². The number of nitrogens with zero attached hydrogens (tertiary/aromatic N) is 4. The Morgan fingerprint density at radius 2 is 1.86 bits per heavy atom. The SMILES string of the molecule is Nc1cnccc1N1CCN(c2ncc(Br)cc2Cl)CC1. The minimum Gasteiger partial charge on any atom is -0.396 e. The summed E-state index contributed by atoms with van der Waals surface area (Å²) in [5.74, 6) is 0.835. The largest absolute Gasteiger partial charge is 0.396 e. The molecule has 0 bridgehead atoms. The summed E-state index contributed by atoms with van der Waals surface area (Å²) in [6.45, 7) is 3.47. The maximum Gasteiger partial charge on any atom is 0.147 e. The standard InChI is InChI=1S/C14H15BrClN5/c15-10-7-11(16)14(19-8-10)21-5-3-20(4-6-21)13-1-2-18-9-12(13)17/h1-2,7-9H,3-6,17H2. The number of aromatic nitrogens is 2. The van der Waals surface area contributed by atoms with Crippen LogP contribution in [0, 0.1) is 0 Å². The minimum atomic E-state index is 0.668. The molecule has 0 atom stereocenters. The van der Waals surface area contributed by atoms with Gasteiger partial charge in [0.15, 0.2) is 0 Å². The van der Waals surface area contributed by atoms with Crippen molar-refractivity contribution in [2.45, 2.75) is 0 Å². The smallest absolute Gasteiger partial charge is 0.147 e. The van der Waals surface area contributed by atoms with Gasteiger partial charge in [-0.3, -0.25) is 4.98 Å². The first-order valence-corrected chi connectivity index (χ1v) is 7.82. The quantitative estimate of drug-likeness (QED) is 0.883. The van der Waals surface area contributed by atoms with E-state index in [2.05, 4.69) is 35.7 Å². The summed E-state index contributed by atoms with van der Waals surface area (Å²) in [5.41, 5.74) is 7.74. The molecule has 0 amide bonds. The maximum atomic E-state index is 6.27. The third kappa shape index (κ3) is 3.06. The Morgan fingerprint density at radius 1 is 1.14 bits per heavy atom. The Morgan fingerprint density at radius 3 is 2.52 bits per heavy atom. The van der Waals surface area contributed by atoms with E-state index >= 15 is 0 Å². The summed E-state index contributed by atoms with van der Waals surface area (Å²) in [4.78, 5) is 12.9. The van der Waals surface area contributed by atoms with E-state index in [4.69, 9.17) is 17.3 Å². The summed E-state index contributed by atoms with van der Waals surface area (Å²) in [7, 11) is 0. The summed E-state index contributed by atoms with van der Waals surface area (Å²) in [5, 5.41) is 0.668. The second-order valence-corrected chi connectivity index (χ2v) is 6.19. The molecule has 2 aromatic heterocycles. The molecule has 7 heteroatoms. The van der Waals surface area contributed by atoms with Crippen LogP contribution in [0.3, 0.4) is 0 Å². The predicted molar refractivity (Wildman–Crippen MR) is 90.0 cm³/mol. The number of hydrogen-bond donors (Lipinski definition) is 1. The van der Waals surface area contributed by atoms with Crippen LogP contribution in [0.5, 0.6) is 0 Å². The highest BCUT2D eigenvalue weighted by Crippen LogP contribution is 2.28. The summed E-state index contributed by atoms with van der Waals surface area (Å²) >= 11 is 9.64. The van der Waals surface area contributed by atoms with Crippen molar-refractivity contribution >= 4 is 44.7 Å². The van der Waals surface area contributed by atoms with Gasteiger partial charge in [0.1, 0.15) is 5.82 Å². The Hall–Kier alpha value is -1.53. The van der Waals surface area contributed by atoms with Gasteiger partial charge in [-0.05, 0) is 28.1 Å². The van der Waals surface area contributed by atoms with Crippen molar-refractivity contribution in [3.05, 3.63) is 40.2 Å². The second-order valence-electron chi connectivity index (χ2n) is 4.87. The molecule has 110 valence electrons. The maximum absolute atomic E-state index is 6.27. The molecule has 21 heavy (non-hydrogen) atoms. The van der Waals surface area contributed by atoms with Crippen molar-refractivity contribution < 1.29 is 0 Å². The lowest BCUT2D eigenvalue weighted by Crippen LogP contribution is -2.47. The Labute approximate surface area is 136 Å². The zero-order valence-corrected chi connectivity index (χ0v) is 13.7. The van der Waals surface area contributed by atoms with Crippen LogP contribution in [0.2, 0.25) is 5.02 Å². The molecule has 0 spiro atoms. The van der Waals surface area contributed by atoms with Gasteiger partial charge in [0.25, 0.3) is 0 Å². The average Bonchev–Trinajstić information content (AvgIpc) is 2.48. The van der Waals surface area contributed by atoms with Gasteiger partial charge in [-0.1, -0.05) is 11.6 Å². The molecule has 2 aromatic rings. The van der Waals surface area contributed by atoms with Gasteiger partial charge in [-0.15, -0.1) is 0 Å². The summed E-state index contributed by atoms with van der Waals surface area (Å²) < 4.78 is 0.888. The van der Waals surface area contributed by atoms with E-state index in [9.17, 15) is 0 Å². The van der Waals surface area contributed by atoms with Crippen molar-refractivity contribution in [3.8, 4) is 0 Å². The van der Waals surface area contributed by atoms with Gasteiger partial charge in [0.2, 0.25) is 0 Å². The third-order valence-electron chi connectivity index (χ3n) is 3.54. The van der Waals surface area contributed by atoms with Crippen molar-refractivity contribution in [1.29, 1.82) is 0 Å². The van der Waals surface area contributed by atoms with E-state index in [1.165, 1.54) is 0 Å². The highest BCUT2D eigenvalue weighted by Gasteiger charge is 2.21. The first-order valence-electron chi connectivity index (χ1n) is 6.65. The Balaban J connectivity index is 1.72. The fraction of sp³-hybridized carbons (Fsp3) is 0.286. The molecule has 1 fully saturated rings. The van der Waals surface area contributed by atoms with Crippen molar-refractivity contribution in [2.75, 3.05) is 41.7 Å². The molecule has 3 rings (SSSR count). The first kappa shape index (κ1) is 14.4. The number of nitrogen functional groups attached to an aromatic ring is 1. The normalized spacial score (nSPS) is 15.3. The topological polar surface area (TPSA) is 58.3 Å². The molecule has 0 unspecified atom stereocenters. The molecular formula is C14H15BrClN5. The fourth-order valence-corrected chi connectivity index (χ4v) is 3.24. The van der Waals surface area contributed by atoms with Crippen LogP contribution in [0.4, 0.5) is 17.2 Å². The number of nitrogens with two attached hydrogens (primary N) is 1. The van der Waals surface area contributed by atoms with Crippen LogP contribution in [0.25, 0.3) is 0 Å². The lowest BCUT2D eigenvalue weighted by Gasteiger charge is -2.37. The lowest BCUT2D eigenvalue weighted by atomic mass is 10.2. The first-order chi connectivity index (χ1) is 10.1. The summed E-state index contributed by atoms with van der Waals surface area (Å²) in [6, 6.07) is 3.83. The van der Waals surface area contributed by atoms with E-state index in [0.29, 0.717) is 10.7 Å². The number of anilines is 3. The fourth-order valence-electron chi connectivity index (χ4n) is 2.49. The second kappa shape index (κ2) is 6.07. The molecule has 2 N–H and O–H groups in total. The van der Waals surface area contributed by atoms with E-state index in [0.717, 1.165) is 42.2 Å². The number of piperazine rings is 1. The zero-order valence-electron chi connectivity index (χ0n) is 11.3. The molecule has 1 saturated heterocycles. The molecule has 0 radical (unpaired) electrons. The predicted octanol–water partition coefficient (Wildman–Crippen LogP) is 2.80. The molecule has 0 aromatic carbocycles. The monoisotopic (exact) mass is 367 g/mol. The highest BCUT2D eigenvalue weighted by atomic mass is 79.9.